The van der Waals surface area contributed by atoms with E-state index in [1.807, 2.05) is 37.3 Å². The lowest BCUT2D eigenvalue weighted by atomic mass is 9.90. The zero-order chi connectivity index (χ0) is 28.1. The van der Waals surface area contributed by atoms with Crippen molar-refractivity contribution in [2.45, 2.75) is 58.4 Å². The van der Waals surface area contributed by atoms with Crippen molar-refractivity contribution < 1.29 is 19.1 Å². The first-order valence-electron chi connectivity index (χ1n) is 14.6. The summed E-state index contributed by atoms with van der Waals surface area (Å²) in [4.78, 5) is 40.3. The van der Waals surface area contributed by atoms with Crippen molar-refractivity contribution in [1.82, 2.24) is 25.2 Å². The van der Waals surface area contributed by atoms with Gasteiger partial charge in [0.15, 0.2) is 0 Å². The van der Waals surface area contributed by atoms with Crippen LogP contribution in [0.25, 0.3) is 22.2 Å². The van der Waals surface area contributed by atoms with Crippen LogP contribution in [0.2, 0.25) is 0 Å². The van der Waals surface area contributed by atoms with E-state index in [0.29, 0.717) is 37.6 Å². The first kappa shape index (κ1) is 28.2. The van der Waals surface area contributed by atoms with E-state index in [0.717, 1.165) is 61.1 Å². The van der Waals surface area contributed by atoms with Gasteiger partial charge in [0.1, 0.15) is 17.6 Å². The minimum Gasteiger partial charge on any atom is -0.480 e. The number of nitrogens with zero attached hydrogens (tertiary/aromatic N) is 3. The summed E-state index contributed by atoms with van der Waals surface area (Å²) in [6.07, 6.45) is 6.56. The van der Waals surface area contributed by atoms with Crippen molar-refractivity contribution in [3.05, 3.63) is 42.4 Å². The summed E-state index contributed by atoms with van der Waals surface area (Å²) >= 11 is 0. The summed E-state index contributed by atoms with van der Waals surface area (Å²) < 4.78 is 11.6. The van der Waals surface area contributed by atoms with E-state index in [1.54, 1.807) is 13.3 Å². The van der Waals surface area contributed by atoms with Crippen LogP contribution >= 0.6 is 0 Å². The lowest BCUT2D eigenvalue weighted by Gasteiger charge is -2.32. The van der Waals surface area contributed by atoms with Crippen molar-refractivity contribution in [3.63, 3.8) is 0 Å². The Bertz CT molecular complexity index is 1330. The van der Waals surface area contributed by atoms with Gasteiger partial charge in [-0.15, -0.1) is 0 Å². The summed E-state index contributed by atoms with van der Waals surface area (Å²) in [5, 5.41) is 4.24. The largest absolute Gasteiger partial charge is 0.480 e. The zero-order valence-corrected chi connectivity index (χ0v) is 23.9. The number of piperidine rings is 1. The number of nitrogens with one attached hydrogen (secondary N) is 2. The predicted octanol–water partition coefficient (Wildman–Crippen LogP) is 4.69. The molecule has 1 aromatic carbocycles. The van der Waals surface area contributed by atoms with Crippen LogP contribution in [-0.4, -0.2) is 71.5 Å². The fourth-order valence-electron chi connectivity index (χ4n) is 5.89. The molecule has 2 unspecified atom stereocenters. The molecule has 2 N–H and O–H groups in total. The number of carbonyl (C=O) groups is 2. The molecule has 40 heavy (non-hydrogen) atoms. The van der Waals surface area contributed by atoms with E-state index in [1.165, 1.54) is 0 Å². The van der Waals surface area contributed by atoms with Gasteiger partial charge in [0.25, 0.3) is 0 Å². The summed E-state index contributed by atoms with van der Waals surface area (Å²) in [7, 11) is 1.61. The van der Waals surface area contributed by atoms with E-state index in [-0.39, 0.29) is 29.6 Å². The highest BCUT2D eigenvalue weighted by molar-refractivity contribution is 5.85. The molecule has 2 fully saturated rings. The SMILES string of the molecule is CCC(=O)CCCOCC(NC(=O)C1CC12CCN(CC)CC2)c1ncc(-c2cc3ccccc3nc2OC)[nH]1. The number of rotatable bonds is 13. The maximum atomic E-state index is 13.5. The Kier molecular flexibility index (Phi) is 8.81. The molecule has 0 bridgehead atoms. The van der Waals surface area contributed by atoms with Crippen LogP contribution in [0, 0.1) is 11.3 Å². The molecule has 1 saturated heterocycles. The third kappa shape index (κ3) is 6.20. The van der Waals surface area contributed by atoms with E-state index in [9.17, 15) is 9.59 Å². The molecule has 3 aromatic rings. The number of pyridine rings is 1. The number of amides is 1. The highest BCUT2D eigenvalue weighted by atomic mass is 16.5. The van der Waals surface area contributed by atoms with Gasteiger partial charge in [-0.05, 0) is 62.9 Å². The number of imidazole rings is 1. The standard InChI is InChI=1S/C31H41N5O4/c1-4-22(37)10-8-16-40-20-27(34-29(38)24-18-31(24)12-14-36(5-2)15-13-31)28-32-19-26(33-28)23-17-21-9-6-7-11-25(21)35-30(23)39-3/h6-7,9,11,17,19,24,27H,4-5,8,10,12-16,18,20H2,1-3H3,(H,32,33)(H,34,38). The first-order chi connectivity index (χ1) is 19.5. The smallest absolute Gasteiger partial charge is 0.224 e. The Morgan fingerprint density at radius 3 is 2.77 bits per heavy atom. The molecule has 214 valence electrons. The van der Waals surface area contributed by atoms with Crippen LogP contribution < -0.4 is 10.1 Å². The minimum absolute atomic E-state index is 0.0374. The molecule has 2 atom stereocenters. The zero-order valence-electron chi connectivity index (χ0n) is 23.9. The third-order valence-electron chi connectivity index (χ3n) is 8.64. The molecule has 2 aliphatic rings. The second kappa shape index (κ2) is 12.5. The number of likely N-dealkylation sites (tertiary alicyclic amines) is 1. The second-order valence-corrected chi connectivity index (χ2v) is 11.1. The summed E-state index contributed by atoms with van der Waals surface area (Å²) in [5.41, 5.74) is 2.55. The molecule has 5 rings (SSSR count). The van der Waals surface area contributed by atoms with Gasteiger partial charge in [-0.1, -0.05) is 32.0 Å². The van der Waals surface area contributed by atoms with Gasteiger partial charge in [0, 0.05) is 30.8 Å². The Morgan fingerprint density at radius 2 is 2.02 bits per heavy atom. The second-order valence-electron chi connectivity index (χ2n) is 11.1. The van der Waals surface area contributed by atoms with Crippen molar-refractivity contribution in [3.8, 4) is 17.1 Å². The topological polar surface area (TPSA) is 109 Å². The van der Waals surface area contributed by atoms with Crippen molar-refractivity contribution >= 4 is 22.6 Å². The molecule has 1 amide bonds. The normalized spacial score (nSPS) is 19.0. The van der Waals surface area contributed by atoms with Crippen LogP contribution in [0.4, 0.5) is 0 Å². The number of aromatic amines is 1. The van der Waals surface area contributed by atoms with Gasteiger partial charge in [-0.25, -0.2) is 9.97 Å². The number of ketones is 1. The lowest BCUT2D eigenvalue weighted by Crippen LogP contribution is -2.38. The Balaban J connectivity index is 1.31. The van der Waals surface area contributed by atoms with Gasteiger partial charge < -0.3 is 24.7 Å². The highest BCUT2D eigenvalue weighted by Crippen LogP contribution is 2.59. The number of methoxy groups -OCH3 is 1. The molecular weight excluding hydrogens is 506 g/mol. The maximum Gasteiger partial charge on any atom is 0.224 e. The number of Topliss-reactive ketones (excluding diaryl/α,β-unsaturated/α-hetero) is 1. The van der Waals surface area contributed by atoms with Gasteiger partial charge in [0.2, 0.25) is 11.8 Å². The van der Waals surface area contributed by atoms with E-state index in [2.05, 4.69) is 32.1 Å². The minimum atomic E-state index is -0.434. The number of ether oxygens (including phenoxy) is 2. The fourth-order valence-corrected chi connectivity index (χ4v) is 5.89. The van der Waals surface area contributed by atoms with E-state index in [4.69, 9.17) is 9.47 Å². The van der Waals surface area contributed by atoms with E-state index >= 15 is 0 Å². The molecule has 1 spiro atoms. The highest BCUT2D eigenvalue weighted by Gasteiger charge is 2.58. The Labute approximate surface area is 236 Å². The van der Waals surface area contributed by atoms with Crippen molar-refractivity contribution in [2.75, 3.05) is 40.0 Å². The molecule has 3 heterocycles. The number of hydrogen-bond acceptors (Lipinski definition) is 7. The van der Waals surface area contributed by atoms with Gasteiger partial charge in [0.05, 0.1) is 36.7 Å². The third-order valence-corrected chi connectivity index (χ3v) is 8.64. The van der Waals surface area contributed by atoms with Crippen molar-refractivity contribution in [1.29, 1.82) is 0 Å². The van der Waals surface area contributed by atoms with Crippen LogP contribution in [0.1, 0.15) is 64.2 Å². The number of carbonyl (C=O) groups excluding carboxylic acids is 2. The number of hydrogen-bond donors (Lipinski definition) is 2. The number of benzene rings is 1. The average Bonchev–Trinajstić information content (AvgIpc) is 3.46. The lowest BCUT2D eigenvalue weighted by molar-refractivity contribution is -0.124. The van der Waals surface area contributed by atoms with Gasteiger partial charge >= 0.3 is 0 Å². The monoisotopic (exact) mass is 547 g/mol. The number of aromatic nitrogens is 3. The first-order valence-corrected chi connectivity index (χ1v) is 14.6. The molecule has 1 saturated carbocycles. The molecule has 1 aliphatic carbocycles. The molecular formula is C31H41N5O4. The fraction of sp³-hybridized carbons (Fsp3) is 0.548. The Hall–Kier alpha value is -3.30. The Morgan fingerprint density at radius 1 is 1.23 bits per heavy atom. The van der Waals surface area contributed by atoms with Crippen molar-refractivity contribution in [2.24, 2.45) is 11.3 Å². The predicted molar refractivity (Wildman–Crippen MR) is 154 cm³/mol. The molecule has 9 nitrogen and oxygen atoms in total. The maximum absolute atomic E-state index is 13.5. The molecule has 1 aliphatic heterocycles. The van der Waals surface area contributed by atoms with Crippen LogP contribution in [0.15, 0.2) is 36.5 Å². The molecule has 0 radical (unpaired) electrons. The van der Waals surface area contributed by atoms with Gasteiger partial charge in [-0.2, -0.15) is 0 Å². The quantitative estimate of drug-likeness (QED) is 0.299. The van der Waals surface area contributed by atoms with Crippen LogP contribution in [-0.2, 0) is 14.3 Å². The van der Waals surface area contributed by atoms with Gasteiger partial charge in [-0.3, -0.25) is 9.59 Å². The molecule has 2 aromatic heterocycles. The summed E-state index contributed by atoms with van der Waals surface area (Å²) in [6.45, 7) is 7.98. The number of para-hydroxylation sites is 1. The summed E-state index contributed by atoms with van der Waals surface area (Å²) in [6, 6.07) is 9.49. The van der Waals surface area contributed by atoms with Crippen LogP contribution in [0.3, 0.4) is 0 Å². The summed E-state index contributed by atoms with van der Waals surface area (Å²) in [5.74, 6) is 1.47. The van der Waals surface area contributed by atoms with Crippen LogP contribution in [0.5, 0.6) is 5.88 Å². The number of H-pyrrole nitrogens is 1. The van der Waals surface area contributed by atoms with E-state index < -0.39 is 6.04 Å². The average molecular weight is 548 g/mol. The molecule has 9 heteroatoms. The number of fused-ring (bicyclic) bond motifs is 1.